The van der Waals surface area contributed by atoms with Crippen LogP contribution >= 0.6 is 11.6 Å². The first-order chi connectivity index (χ1) is 10.1. The van der Waals surface area contributed by atoms with E-state index < -0.39 is 5.82 Å². The van der Waals surface area contributed by atoms with Gasteiger partial charge in [0.2, 0.25) is 0 Å². The minimum atomic E-state index is -0.392. The molecule has 0 saturated heterocycles. The normalized spacial score (nSPS) is 12.4. The van der Waals surface area contributed by atoms with Gasteiger partial charge in [-0.15, -0.1) is 0 Å². The summed E-state index contributed by atoms with van der Waals surface area (Å²) in [7, 11) is 1.45. The molecule has 1 unspecified atom stereocenters. The van der Waals surface area contributed by atoms with Gasteiger partial charge in [0, 0.05) is 6.54 Å². The molecule has 21 heavy (non-hydrogen) atoms. The van der Waals surface area contributed by atoms with Crippen molar-refractivity contribution in [3.05, 3.63) is 46.5 Å². The molecule has 0 aliphatic heterocycles. The number of hydrogen-bond donors (Lipinski definition) is 1. The van der Waals surface area contributed by atoms with E-state index in [0.29, 0.717) is 11.6 Å². The lowest BCUT2D eigenvalue weighted by Gasteiger charge is -2.20. The van der Waals surface area contributed by atoms with Gasteiger partial charge in [0.15, 0.2) is 11.6 Å². The number of hydrogen-bond acceptors (Lipinski definition) is 3. The third-order valence-electron chi connectivity index (χ3n) is 3.32. The molecule has 0 amide bonds. The Bertz CT molecular complexity index is 615. The lowest BCUT2D eigenvalue weighted by Crippen LogP contribution is -2.25. The van der Waals surface area contributed by atoms with Crippen LogP contribution < -0.4 is 10.1 Å². The largest absolute Gasteiger partial charge is 0.494 e. The standard InChI is InChI=1S/C15H19ClFN3O/c1-4-18-14(15-11(16)9-19-20(15)5-2)10-6-7-13(21-3)12(17)8-10/h6-9,14,18H,4-5H2,1-3H3. The Balaban J connectivity index is 2.48. The number of aromatic nitrogens is 2. The fourth-order valence-electron chi connectivity index (χ4n) is 2.35. The summed E-state index contributed by atoms with van der Waals surface area (Å²) in [4.78, 5) is 0. The maximum Gasteiger partial charge on any atom is 0.165 e. The molecule has 1 aromatic carbocycles. The number of rotatable bonds is 6. The van der Waals surface area contributed by atoms with Gasteiger partial charge in [0.1, 0.15) is 0 Å². The lowest BCUT2D eigenvalue weighted by atomic mass is 10.0. The average molecular weight is 312 g/mol. The van der Waals surface area contributed by atoms with E-state index in [9.17, 15) is 4.39 Å². The number of nitrogens with one attached hydrogen (secondary N) is 1. The Morgan fingerprint density at radius 3 is 2.76 bits per heavy atom. The molecule has 2 aromatic rings. The summed E-state index contributed by atoms with van der Waals surface area (Å²) in [6.45, 7) is 5.41. The highest BCUT2D eigenvalue weighted by Gasteiger charge is 2.22. The van der Waals surface area contributed by atoms with Crippen molar-refractivity contribution in [3.8, 4) is 5.75 Å². The average Bonchev–Trinajstić information content (AvgIpc) is 2.85. The Labute approximate surface area is 128 Å². The van der Waals surface area contributed by atoms with Crippen molar-refractivity contribution in [1.82, 2.24) is 15.1 Å². The summed E-state index contributed by atoms with van der Waals surface area (Å²) in [5.41, 5.74) is 1.62. The van der Waals surface area contributed by atoms with Crippen LogP contribution in [0.25, 0.3) is 0 Å². The van der Waals surface area contributed by atoms with Crippen LogP contribution in [0.1, 0.15) is 31.1 Å². The van der Waals surface area contributed by atoms with E-state index in [-0.39, 0.29) is 11.8 Å². The van der Waals surface area contributed by atoms with Crippen LogP contribution in [-0.2, 0) is 6.54 Å². The molecule has 0 aliphatic carbocycles. The van der Waals surface area contributed by atoms with Gasteiger partial charge in [-0.3, -0.25) is 4.68 Å². The van der Waals surface area contributed by atoms with Gasteiger partial charge in [-0.2, -0.15) is 5.10 Å². The Morgan fingerprint density at radius 2 is 2.19 bits per heavy atom. The smallest absolute Gasteiger partial charge is 0.165 e. The van der Waals surface area contributed by atoms with Crippen LogP contribution in [0, 0.1) is 5.82 Å². The molecule has 114 valence electrons. The minimum Gasteiger partial charge on any atom is -0.494 e. The molecule has 0 saturated carbocycles. The minimum absolute atomic E-state index is 0.217. The SMILES string of the molecule is CCNC(c1ccc(OC)c(F)c1)c1c(Cl)cnn1CC. The third kappa shape index (κ3) is 3.19. The van der Waals surface area contributed by atoms with Crippen molar-refractivity contribution >= 4 is 11.6 Å². The molecule has 1 N–H and O–H groups in total. The maximum absolute atomic E-state index is 14.0. The van der Waals surface area contributed by atoms with Gasteiger partial charge in [-0.05, 0) is 31.2 Å². The Hall–Kier alpha value is -1.59. The van der Waals surface area contributed by atoms with E-state index in [0.717, 1.165) is 17.8 Å². The number of benzene rings is 1. The van der Waals surface area contributed by atoms with E-state index in [1.165, 1.54) is 13.2 Å². The van der Waals surface area contributed by atoms with Crippen molar-refractivity contribution in [2.45, 2.75) is 26.4 Å². The molecule has 0 fully saturated rings. The molecule has 0 bridgehead atoms. The van der Waals surface area contributed by atoms with Gasteiger partial charge >= 0.3 is 0 Å². The van der Waals surface area contributed by atoms with Gasteiger partial charge < -0.3 is 10.1 Å². The fraction of sp³-hybridized carbons (Fsp3) is 0.400. The molecule has 0 spiro atoms. The lowest BCUT2D eigenvalue weighted by molar-refractivity contribution is 0.385. The molecule has 1 atom stereocenters. The van der Waals surface area contributed by atoms with Crippen LogP contribution in [0.2, 0.25) is 5.02 Å². The quantitative estimate of drug-likeness (QED) is 0.888. The molecule has 0 aliphatic rings. The third-order valence-corrected chi connectivity index (χ3v) is 3.61. The molecular formula is C15H19ClFN3O. The van der Waals surface area contributed by atoms with Crippen molar-refractivity contribution < 1.29 is 9.13 Å². The summed E-state index contributed by atoms with van der Waals surface area (Å²) < 4.78 is 20.7. The molecule has 2 rings (SSSR count). The van der Waals surface area contributed by atoms with E-state index >= 15 is 0 Å². The van der Waals surface area contributed by atoms with Crippen molar-refractivity contribution in [3.63, 3.8) is 0 Å². The van der Waals surface area contributed by atoms with E-state index in [2.05, 4.69) is 10.4 Å². The van der Waals surface area contributed by atoms with Crippen LogP contribution in [-0.4, -0.2) is 23.4 Å². The Morgan fingerprint density at radius 1 is 1.43 bits per heavy atom. The molecule has 1 aromatic heterocycles. The second-order valence-corrected chi connectivity index (χ2v) is 4.99. The summed E-state index contributed by atoms with van der Waals surface area (Å²) in [5, 5.41) is 8.14. The van der Waals surface area contributed by atoms with Crippen LogP contribution in [0.15, 0.2) is 24.4 Å². The second kappa shape index (κ2) is 6.91. The highest BCUT2D eigenvalue weighted by molar-refractivity contribution is 6.31. The monoisotopic (exact) mass is 311 g/mol. The number of aryl methyl sites for hydroxylation is 1. The molecule has 0 radical (unpaired) electrons. The van der Waals surface area contributed by atoms with Crippen LogP contribution in [0.5, 0.6) is 5.75 Å². The summed E-state index contributed by atoms with van der Waals surface area (Å²) in [5.74, 6) is -0.166. The summed E-state index contributed by atoms with van der Waals surface area (Å²) >= 11 is 6.26. The van der Waals surface area contributed by atoms with Crippen molar-refractivity contribution in [2.75, 3.05) is 13.7 Å². The van der Waals surface area contributed by atoms with Crippen LogP contribution in [0.4, 0.5) is 4.39 Å². The molecule has 4 nitrogen and oxygen atoms in total. The number of ether oxygens (including phenoxy) is 1. The number of halogens is 2. The topological polar surface area (TPSA) is 39.1 Å². The predicted molar refractivity (Wildman–Crippen MR) is 81.4 cm³/mol. The number of nitrogens with zero attached hydrogens (tertiary/aromatic N) is 2. The first kappa shape index (κ1) is 15.8. The Kier molecular flexibility index (Phi) is 5.20. The molecule has 1 heterocycles. The zero-order valence-corrected chi connectivity index (χ0v) is 13.1. The summed E-state index contributed by atoms with van der Waals surface area (Å²) in [6.07, 6.45) is 1.62. The zero-order chi connectivity index (χ0) is 15.4. The van der Waals surface area contributed by atoms with Crippen molar-refractivity contribution in [2.24, 2.45) is 0 Å². The van der Waals surface area contributed by atoms with Crippen molar-refractivity contribution in [1.29, 1.82) is 0 Å². The first-order valence-corrected chi connectivity index (χ1v) is 7.28. The highest BCUT2D eigenvalue weighted by Crippen LogP contribution is 2.30. The van der Waals surface area contributed by atoms with Gasteiger partial charge in [0.05, 0.1) is 30.1 Å². The predicted octanol–water partition coefficient (Wildman–Crippen LogP) is 3.40. The van der Waals surface area contributed by atoms with Crippen LogP contribution in [0.3, 0.4) is 0 Å². The second-order valence-electron chi connectivity index (χ2n) is 4.58. The van der Waals surface area contributed by atoms with Gasteiger partial charge in [0.25, 0.3) is 0 Å². The highest BCUT2D eigenvalue weighted by atomic mass is 35.5. The van der Waals surface area contributed by atoms with E-state index in [4.69, 9.17) is 16.3 Å². The fourth-order valence-corrected chi connectivity index (χ4v) is 2.60. The maximum atomic E-state index is 14.0. The zero-order valence-electron chi connectivity index (χ0n) is 12.4. The van der Waals surface area contributed by atoms with Gasteiger partial charge in [-0.1, -0.05) is 24.6 Å². The first-order valence-electron chi connectivity index (χ1n) is 6.90. The molecule has 6 heteroatoms. The van der Waals surface area contributed by atoms with Gasteiger partial charge in [-0.25, -0.2) is 4.39 Å². The van der Waals surface area contributed by atoms with E-state index in [1.807, 2.05) is 24.6 Å². The molecular weight excluding hydrogens is 293 g/mol. The summed E-state index contributed by atoms with van der Waals surface area (Å²) in [6, 6.07) is 4.70. The number of methoxy groups -OCH3 is 1. The van der Waals surface area contributed by atoms with E-state index in [1.54, 1.807) is 12.3 Å².